The highest BCUT2D eigenvalue weighted by molar-refractivity contribution is 5.73. The third kappa shape index (κ3) is 2.69. The summed E-state index contributed by atoms with van der Waals surface area (Å²) < 4.78 is 0. The quantitative estimate of drug-likeness (QED) is 0.758. The minimum atomic E-state index is 0.461. The zero-order chi connectivity index (χ0) is 12.3. The standard InChI is InChI=1S/C13H18N4/c1-17-7-5-11(6-8-17)16-12-4-2-3-10(9-14)13(12)15/h2-4,11,16H,5-8,15H2,1H3. The van der Waals surface area contributed by atoms with Gasteiger partial charge in [0.15, 0.2) is 0 Å². The molecule has 4 nitrogen and oxygen atoms in total. The summed E-state index contributed by atoms with van der Waals surface area (Å²) in [6.07, 6.45) is 2.24. The van der Waals surface area contributed by atoms with Crippen molar-refractivity contribution in [3.05, 3.63) is 23.8 Å². The molecule has 0 radical (unpaired) electrons. The fraction of sp³-hybridized carbons (Fsp3) is 0.462. The summed E-state index contributed by atoms with van der Waals surface area (Å²) in [6, 6.07) is 8.12. The summed E-state index contributed by atoms with van der Waals surface area (Å²) >= 11 is 0. The number of piperidine rings is 1. The van der Waals surface area contributed by atoms with Crippen molar-refractivity contribution >= 4 is 11.4 Å². The molecule has 1 aliphatic rings. The molecule has 0 bridgehead atoms. The summed E-state index contributed by atoms with van der Waals surface area (Å²) in [4.78, 5) is 2.33. The van der Waals surface area contributed by atoms with Gasteiger partial charge in [-0.3, -0.25) is 0 Å². The molecule has 2 rings (SSSR count). The van der Waals surface area contributed by atoms with E-state index in [0.717, 1.165) is 31.6 Å². The first-order valence-electron chi connectivity index (χ1n) is 5.94. The Kier molecular flexibility index (Phi) is 3.50. The first-order chi connectivity index (χ1) is 8.20. The van der Waals surface area contributed by atoms with E-state index in [1.807, 2.05) is 12.1 Å². The van der Waals surface area contributed by atoms with Crippen molar-refractivity contribution in [2.45, 2.75) is 18.9 Å². The lowest BCUT2D eigenvalue weighted by molar-refractivity contribution is 0.264. The van der Waals surface area contributed by atoms with Gasteiger partial charge in [0, 0.05) is 6.04 Å². The van der Waals surface area contributed by atoms with Gasteiger partial charge < -0.3 is 16.0 Å². The van der Waals surface area contributed by atoms with Crippen LogP contribution in [0, 0.1) is 11.3 Å². The number of anilines is 2. The van der Waals surface area contributed by atoms with Crippen molar-refractivity contribution in [3.8, 4) is 6.07 Å². The van der Waals surface area contributed by atoms with E-state index in [0.29, 0.717) is 17.3 Å². The number of para-hydroxylation sites is 1. The molecule has 0 aliphatic carbocycles. The maximum Gasteiger partial charge on any atom is 0.101 e. The third-order valence-corrected chi connectivity index (χ3v) is 3.30. The van der Waals surface area contributed by atoms with E-state index in [1.165, 1.54) is 0 Å². The van der Waals surface area contributed by atoms with Crippen LogP contribution >= 0.6 is 0 Å². The monoisotopic (exact) mass is 230 g/mol. The lowest BCUT2D eigenvalue weighted by Crippen LogP contribution is -2.36. The van der Waals surface area contributed by atoms with Gasteiger partial charge in [0.1, 0.15) is 6.07 Å². The van der Waals surface area contributed by atoms with Gasteiger partial charge in [0.05, 0.1) is 16.9 Å². The molecule has 1 aromatic rings. The van der Waals surface area contributed by atoms with E-state index in [2.05, 4.69) is 23.3 Å². The number of hydrogen-bond donors (Lipinski definition) is 2. The molecule has 1 aromatic carbocycles. The SMILES string of the molecule is CN1CCC(Nc2cccc(C#N)c2N)CC1. The molecule has 0 saturated carbocycles. The lowest BCUT2D eigenvalue weighted by Gasteiger charge is -2.30. The van der Waals surface area contributed by atoms with Crippen LogP contribution in [0.1, 0.15) is 18.4 Å². The highest BCUT2D eigenvalue weighted by Crippen LogP contribution is 2.24. The summed E-state index contributed by atoms with van der Waals surface area (Å²) in [5.41, 5.74) is 7.94. The number of benzene rings is 1. The maximum atomic E-state index is 8.92. The van der Waals surface area contributed by atoms with Crippen molar-refractivity contribution in [3.63, 3.8) is 0 Å². The number of nitrogen functional groups attached to an aromatic ring is 1. The zero-order valence-corrected chi connectivity index (χ0v) is 10.1. The van der Waals surface area contributed by atoms with Crippen LogP contribution in [-0.4, -0.2) is 31.1 Å². The van der Waals surface area contributed by atoms with Gasteiger partial charge in [-0.1, -0.05) is 6.07 Å². The molecule has 0 unspecified atom stereocenters. The first-order valence-corrected chi connectivity index (χ1v) is 5.94. The minimum Gasteiger partial charge on any atom is -0.396 e. The van der Waals surface area contributed by atoms with E-state index in [1.54, 1.807) is 6.07 Å². The van der Waals surface area contributed by atoms with Gasteiger partial charge >= 0.3 is 0 Å². The van der Waals surface area contributed by atoms with Crippen LogP contribution in [0.4, 0.5) is 11.4 Å². The summed E-state index contributed by atoms with van der Waals surface area (Å²) in [7, 11) is 2.14. The van der Waals surface area contributed by atoms with E-state index < -0.39 is 0 Å². The van der Waals surface area contributed by atoms with Crippen molar-refractivity contribution in [2.75, 3.05) is 31.2 Å². The van der Waals surface area contributed by atoms with Crippen LogP contribution in [0.15, 0.2) is 18.2 Å². The molecule has 1 saturated heterocycles. The number of nitrogens with one attached hydrogen (secondary N) is 1. The fourth-order valence-electron chi connectivity index (χ4n) is 2.16. The van der Waals surface area contributed by atoms with Crippen LogP contribution < -0.4 is 11.1 Å². The van der Waals surface area contributed by atoms with Gasteiger partial charge in [0.25, 0.3) is 0 Å². The summed E-state index contributed by atoms with van der Waals surface area (Å²) in [6.45, 7) is 2.21. The van der Waals surface area contributed by atoms with Crippen LogP contribution in [0.2, 0.25) is 0 Å². The van der Waals surface area contributed by atoms with Crippen molar-refractivity contribution in [1.82, 2.24) is 4.90 Å². The van der Waals surface area contributed by atoms with E-state index in [4.69, 9.17) is 11.0 Å². The van der Waals surface area contributed by atoms with Crippen LogP contribution in [-0.2, 0) is 0 Å². The van der Waals surface area contributed by atoms with Crippen LogP contribution in [0.3, 0.4) is 0 Å². The molecule has 17 heavy (non-hydrogen) atoms. The van der Waals surface area contributed by atoms with Gasteiger partial charge in [-0.25, -0.2) is 0 Å². The summed E-state index contributed by atoms with van der Waals surface area (Å²) in [5, 5.41) is 12.4. The number of likely N-dealkylation sites (tertiary alicyclic amines) is 1. The molecule has 1 aliphatic heterocycles. The molecule has 0 amide bonds. The Morgan fingerprint density at radius 3 is 2.76 bits per heavy atom. The maximum absolute atomic E-state index is 8.92. The number of nitrogens with zero attached hydrogens (tertiary/aromatic N) is 2. The Hall–Kier alpha value is -1.73. The largest absolute Gasteiger partial charge is 0.396 e. The predicted octanol–water partition coefficient (Wildman–Crippen LogP) is 1.65. The van der Waals surface area contributed by atoms with Gasteiger partial charge in [-0.05, 0) is 45.1 Å². The van der Waals surface area contributed by atoms with Crippen LogP contribution in [0.25, 0.3) is 0 Å². The van der Waals surface area contributed by atoms with Gasteiger partial charge in [0.2, 0.25) is 0 Å². The highest BCUT2D eigenvalue weighted by atomic mass is 15.1. The van der Waals surface area contributed by atoms with Crippen molar-refractivity contribution in [1.29, 1.82) is 5.26 Å². The Labute approximate surface area is 102 Å². The summed E-state index contributed by atoms with van der Waals surface area (Å²) in [5.74, 6) is 0. The topological polar surface area (TPSA) is 65.1 Å². The first kappa shape index (κ1) is 11.7. The molecule has 1 fully saturated rings. The van der Waals surface area contributed by atoms with E-state index in [9.17, 15) is 0 Å². The average molecular weight is 230 g/mol. The molecular formula is C13H18N4. The Balaban J connectivity index is 2.06. The van der Waals surface area contributed by atoms with Crippen molar-refractivity contribution < 1.29 is 0 Å². The molecule has 3 N–H and O–H groups in total. The number of nitrogens with two attached hydrogens (primary N) is 1. The Morgan fingerprint density at radius 2 is 2.12 bits per heavy atom. The molecule has 90 valence electrons. The molecular weight excluding hydrogens is 212 g/mol. The molecule has 0 atom stereocenters. The number of rotatable bonds is 2. The third-order valence-electron chi connectivity index (χ3n) is 3.30. The number of nitriles is 1. The smallest absolute Gasteiger partial charge is 0.101 e. The van der Waals surface area contributed by atoms with Gasteiger partial charge in [-0.15, -0.1) is 0 Å². The Morgan fingerprint density at radius 1 is 1.41 bits per heavy atom. The molecule has 1 heterocycles. The minimum absolute atomic E-state index is 0.461. The fourth-order valence-corrected chi connectivity index (χ4v) is 2.16. The van der Waals surface area contributed by atoms with Gasteiger partial charge in [-0.2, -0.15) is 5.26 Å². The molecule has 4 heteroatoms. The lowest BCUT2D eigenvalue weighted by atomic mass is 10.0. The number of hydrogen-bond acceptors (Lipinski definition) is 4. The van der Waals surface area contributed by atoms with E-state index in [-0.39, 0.29) is 0 Å². The van der Waals surface area contributed by atoms with Crippen molar-refractivity contribution in [2.24, 2.45) is 0 Å². The predicted molar refractivity (Wildman–Crippen MR) is 69.7 cm³/mol. The average Bonchev–Trinajstić information content (AvgIpc) is 2.35. The molecule has 0 aromatic heterocycles. The highest BCUT2D eigenvalue weighted by Gasteiger charge is 2.17. The van der Waals surface area contributed by atoms with E-state index >= 15 is 0 Å². The zero-order valence-electron chi connectivity index (χ0n) is 10.1. The normalized spacial score (nSPS) is 17.6. The second kappa shape index (κ2) is 5.07. The van der Waals surface area contributed by atoms with Crippen LogP contribution in [0.5, 0.6) is 0 Å². The second-order valence-corrected chi connectivity index (χ2v) is 4.60. The second-order valence-electron chi connectivity index (χ2n) is 4.60. The Bertz CT molecular complexity index is 428. The molecule has 0 spiro atoms.